The van der Waals surface area contributed by atoms with Gasteiger partial charge in [0, 0.05) is 17.6 Å². The van der Waals surface area contributed by atoms with Gasteiger partial charge in [0.1, 0.15) is 0 Å². The van der Waals surface area contributed by atoms with E-state index in [9.17, 15) is 4.79 Å². The van der Waals surface area contributed by atoms with Gasteiger partial charge in [0.05, 0.1) is 5.56 Å². The summed E-state index contributed by atoms with van der Waals surface area (Å²) in [5, 5.41) is 3.00. The van der Waals surface area contributed by atoms with E-state index in [1.54, 1.807) is 0 Å². The predicted octanol–water partition coefficient (Wildman–Crippen LogP) is 2.97. The fraction of sp³-hybridized carbons (Fsp3) is 0.533. The van der Waals surface area contributed by atoms with Gasteiger partial charge in [-0.25, -0.2) is 0 Å². The standard InChI is InChI=1S/C15H21BrN2O/c1-12-6-5-7-13(14(12)16)15(19)17-8-11-18-9-3-2-4-10-18/h5-7H,2-4,8-11H2,1H3,(H,17,19). The first-order chi connectivity index (χ1) is 9.18. The molecule has 0 unspecified atom stereocenters. The quantitative estimate of drug-likeness (QED) is 0.923. The van der Waals surface area contributed by atoms with Crippen LogP contribution >= 0.6 is 15.9 Å². The van der Waals surface area contributed by atoms with E-state index < -0.39 is 0 Å². The highest BCUT2D eigenvalue weighted by Gasteiger charge is 2.12. The van der Waals surface area contributed by atoms with E-state index in [1.807, 2.05) is 25.1 Å². The smallest absolute Gasteiger partial charge is 0.252 e. The Hall–Kier alpha value is -0.870. The van der Waals surface area contributed by atoms with Gasteiger partial charge in [-0.05, 0) is 60.4 Å². The number of carbonyl (C=O) groups is 1. The lowest BCUT2D eigenvalue weighted by atomic mass is 10.1. The Bertz CT molecular complexity index is 442. The largest absolute Gasteiger partial charge is 0.351 e. The van der Waals surface area contributed by atoms with Gasteiger partial charge in [0.25, 0.3) is 5.91 Å². The summed E-state index contributed by atoms with van der Waals surface area (Å²) < 4.78 is 0.894. The van der Waals surface area contributed by atoms with Crippen LogP contribution in [0.25, 0.3) is 0 Å². The van der Waals surface area contributed by atoms with Crippen LogP contribution in [0.3, 0.4) is 0 Å². The molecule has 1 saturated heterocycles. The van der Waals surface area contributed by atoms with Crippen molar-refractivity contribution >= 4 is 21.8 Å². The molecule has 1 aromatic carbocycles. The van der Waals surface area contributed by atoms with Crippen molar-refractivity contribution in [3.8, 4) is 0 Å². The number of piperidine rings is 1. The van der Waals surface area contributed by atoms with E-state index in [2.05, 4.69) is 26.1 Å². The van der Waals surface area contributed by atoms with Crippen molar-refractivity contribution in [1.29, 1.82) is 0 Å². The first-order valence-electron chi connectivity index (χ1n) is 6.94. The molecule has 0 atom stereocenters. The van der Waals surface area contributed by atoms with Gasteiger partial charge >= 0.3 is 0 Å². The Balaban J connectivity index is 1.82. The average Bonchev–Trinajstić information content (AvgIpc) is 2.43. The summed E-state index contributed by atoms with van der Waals surface area (Å²) in [7, 11) is 0. The SMILES string of the molecule is Cc1cccc(C(=O)NCCN2CCCCC2)c1Br. The van der Waals surface area contributed by atoms with Crippen molar-refractivity contribution in [1.82, 2.24) is 10.2 Å². The second kappa shape index (κ2) is 7.06. The zero-order valence-electron chi connectivity index (χ0n) is 11.4. The summed E-state index contributed by atoms with van der Waals surface area (Å²) >= 11 is 3.48. The third-order valence-corrected chi connectivity index (χ3v) is 4.65. The lowest BCUT2D eigenvalue weighted by Gasteiger charge is -2.26. The molecule has 1 amide bonds. The van der Waals surface area contributed by atoms with Gasteiger partial charge < -0.3 is 10.2 Å². The number of hydrogen-bond acceptors (Lipinski definition) is 2. The maximum Gasteiger partial charge on any atom is 0.252 e. The second-order valence-electron chi connectivity index (χ2n) is 5.09. The van der Waals surface area contributed by atoms with Gasteiger partial charge in [-0.2, -0.15) is 0 Å². The van der Waals surface area contributed by atoms with E-state index in [0.29, 0.717) is 0 Å². The number of rotatable bonds is 4. The maximum atomic E-state index is 12.1. The van der Waals surface area contributed by atoms with E-state index in [1.165, 1.54) is 32.4 Å². The number of hydrogen-bond donors (Lipinski definition) is 1. The Morgan fingerprint density at radius 3 is 2.79 bits per heavy atom. The number of aryl methyl sites for hydroxylation is 1. The number of amides is 1. The number of halogens is 1. The Kier molecular flexibility index (Phi) is 5.40. The minimum atomic E-state index is 0.00702. The Morgan fingerprint density at radius 1 is 1.32 bits per heavy atom. The van der Waals surface area contributed by atoms with Crippen LogP contribution in [0.1, 0.15) is 35.2 Å². The lowest BCUT2D eigenvalue weighted by Crippen LogP contribution is -2.37. The molecular formula is C15H21BrN2O. The molecule has 1 aromatic rings. The highest BCUT2D eigenvalue weighted by atomic mass is 79.9. The fourth-order valence-electron chi connectivity index (χ4n) is 2.43. The van der Waals surface area contributed by atoms with Crippen molar-refractivity contribution < 1.29 is 4.79 Å². The average molecular weight is 325 g/mol. The molecule has 1 fully saturated rings. The minimum Gasteiger partial charge on any atom is -0.351 e. The molecule has 2 rings (SSSR count). The minimum absolute atomic E-state index is 0.00702. The summed E-state index contributed by atoms with van der Waals surface area (Å²) in [6, 6.07) is 5.77. The molecule has 0 spiro atoms. The molecule has 0 aromatic heterocycles. The fourth-order valence-corrected chi connectivity index (χ4v) is 2.87. The van der Waals surface area contributed by atoms with Crippen LogP contribution in [0.4, 0.5) is 0 Å². The van der Waals surface area contributed by atoms with Crippen molar-refractivity contribution in [2.24, 2.45) is 0 Å². The van der Waals surface area contributed by atoms with Crippen LogP contribution in [0.5, 0.6) is 0 Å². The van der Waals surface area contributed by atoms with Gasteiger partial charge in [-0.3, -0.25) is 4.79 Å². The molecular weight excluding hydrogens is 304 g/mol. The van der Waals surface area contributed by atoms with Crippen LogP contribution < -0.4 is 5.32 Å². The molecule has 3 nitrogen and oxygen atoms in total. The van der Waals surface area contributed by atoms with Crippen molar-refractivity contribution in [3.63, 3.8) is 0 Å². The number of nitrogens with zero attached hydrogens (tertiary/aromatic N) is 1. The zero-order valence-corrected chi connectivity index (χ0v) is 13.0. The number of likely N-dealkylation sites (tertiary alicyclic amines) is 1. The van der Waals surface area contributed by atoms with E-state index in [0.717, 1.165) is 28.7 Å². The predicted molar refractivity (Wildman–Crippen MR) is 81.5 cm³/mol. The number of carbonyl (C=O) groups excluding carboxylic acids is 1. The molecule has 1 aliphatic heterocycles. The molecule has 1 aliphatic rings. The topological polar surface area (TPSA) is 32.3 Å². The summed E-state index contributed by atoms with van der Waals surface area (Å²) in [5.41, 5.74) is 1.81. The van der Waals surface area contributed by atoms with Gasteiger partial charge in [-0.1, -0.05) is 18.6 Å². The molecule has 0 bridgehead atoms. The molecule has 1 heterocycles. The summed E-state index contributed by atoms with van der Waals surface area (Å²) in [4.78, 5) is 14.5. The molecule has 0 radical (unpaired) electrons. The van der Waals surface area contributed by atoms with E-state index in [4.69, 9.17) is 0 Å². The Labute approximate surface area is 123 Å². The third kappa shape index (κ3) is 4.05. The molecule has 4 heteroatoms. The van der Waals surface area contributed by atoms with Crippen LogP contribution in [0.15, 0.2) is 22.7 Å². The zero-order chi connectivity index (χ0) is 13.7. The first-order valence-corrected chi connectivity index (χ1v) is 7.73. The van der Waals surface area contributed by atoms with Crippen molar-refractivity contribution in [2.75, 3.05) is 26.2 Å². The highest BCUT2D eigenvalue weighted by Crippen LogP contribution is 2.20. The van der Waals surface area contributed by atoms with Crippen molar-refractivity contribution in [2.45, 2.75) is 26.2 Å². The summed E-state index contributed by atoms with van der Waals surface area (Å²) in [6.45, 7) is 6.01. The van der Waals surface area contributed by atoms with E-state index >= 15 is 0 Å². The first kappa shape index (κ1) is 14.5. The molecule has 1 N–H and O–H groups in total. The molecule has 0 aliphatic carbocycles. The van der Waals surface area contributed by atoms with Crippen LogP contribution in [0, 0.1) is 6.92 Å². The Morgan fingerprint density at radius 2 is 2.05 bits per heavy atom. The monoisotopic (exact) mass is 324 g/mol. The van der Waals surface area contributed by atoms with Gasteiger partial charge in [-0.15, -0.1) is 0 Å². The second-order valence-corrected chi connectivity index (χ2v) is 5.89. The summed E-state index contributed by atoms with van der Waals surface area (Å²) in [5.74, 6) is 0.00702. The van der Waals surface area contributed by atoms with Crippen LogP contribution in [0.2, 0.25) is 0 Å². The lowest BCUT2D eigenvalue weighted by molar-refractivity contribution is 0.0945. The summed E-state index contributed by atoms with van der Waals surface area (Å²) in [6.07, 6.45) is 3.92. The normalized spacial score (nSPS) is 16.3. The highest BCUT2D eigenvalue weighted by molar-refractivity contribution is 9.10. The van der Waals surface area contributed by atoms with Gasteiger partial charge in [0.2, 0.25) is 0 Å². The molecule has 104 valence electrons. The van der Waals surface area contributed by atoms with E-state index in [-0.39, 0.29) is 5.91 Å². The van der Waals surface area contributed by atoms with Crippen LogP contribution in [-0.2, 0) is 0 Å². The molecule has 0 saturated carbocycles. The third-order valence-electron chi connectivity index (χ3n) is 3.60. The van der Waals surface area contributed by atoms with Crippen molar-refractivity contribution in [3.05, 3.63) is 33.8 Å². The molecule has 19 heavy (non-hydrogen) atoms. The maximum absolute atomic E-state index is 12.1. The van der Waals surface area contributed by atoms with Gasteiger partial charge in [0.15, 0.2) is 0 Å². The number of nitrogens with one attached hydrogen (secondary N) is 1. The van der Waals surface area contributed by atoms with Crippen LogP contribution in [-0.4, -0.2) is 37.0 Å². The number of benzene rings is 1.